The van der Waals surface area contributed by atoms with Crippen molar-refractivity contribution in [1.29, 1.82) is 0 Å². The molecule has 156 valence electrons. The second-order valence-electron chi connectivity index (χ2n) is 8.15. The first-order valence-corrected chi connectivity index (χ1v) is 10.6. The van der Waals surface area contributed by atoms with E-state index in [0.29, 0.717) is 21.7 Å². The van der Waals surface area contributed by atoms with Crippen molar-refractivity contribution in [3.63, 3.8) is 0 Å². The molecule has 0 unspecified atom stereocenters. The van der Waals surface area contributed by atoms with Crippen molar-refractivity contribution in [2.45, 2.75) is 13.0 Å². The Morgan fingerprint density at radius 1 is 1.03 bits per heavy atom. The Labute approximate surface area is 185 Å². The summed E-state index contributed by atoms with van der Waals surface area (Å²) in [6.45, 7) is 1.99. The summed E-state index contributed by atoms with van der Waals surface area (Å²) in [5, 5.41) is 1.75. The van der Waals surface area contributed by atoms with Crippen LogP contribution in [-0.2, 0) is 20.0 Å². The van der Waals surface area contributed by atoms with Crippen LogP contribution in [0.4, 0.5) is 0 Å². The molecular weight excluding hydrogens is 410 g/mol. The minimum Gasteiger partial charge on any atom is -0.346 e. The van der Waals surface area contributed by atoms with Gasteiger partial charge in [0.2, 0.25) is 0 Å². The Hall–Kier alpha value is -3.15. The molecule has 4 aromatic rings. The minimum atomic E-state index is -0.151. The van der Waals surface area contributed by atoms with Gasteiger partial charge in [0.1, 0.15) is 0 Å². The summed E-state index contributed by atoms with van der Waals surface area (Å²) in [6, 6.07) is 14.7. The zero-order valence-electron chi connectivity index (χ0n) is 17.4. The van der Waals surface area contributed by atoms with E-state index in [4.69, 9.17) is 11.6 Å². The molecule has 0 saturated carbocycles. The molecule has 1 aliphatic rings. The van der Waals surface area contributed by atoms with Crippen LogP contribution in [0.2, 0.25) is 5.02 Å². The smallest absolute Gasteiger partial charge is 0.255 e. The average Bonchev–Trinajstić information content (AvgIpc) is 3.04. The van der Waals surface area contributed by atoms with Crippen molar-refractivity contribution in [3.05, 3.63) is 86.9 Å². The van der Waals surface area contributed by atoms with Gasteiger partial charge in [-0.3, -0.25) is 14.2 Å². The predicted octanol–water partition coefficient (Wildman–Crippen LogP) is 4.45. The Bertz CT molecular complexity index is 1400. The average molecular weight is 432 g/mol. The fraction of sp³-hybridized carbons (Fsp3) is 0.200. The summed E-state index contributed by atoms with van der Waals surface area (Å²) in [6.07, 6.45) is 3.56. The van der Waals surface area contributed by atoms with E-state index in [9.17, 15) is 9.59 Å². The Balaban J connectivity index is 1.59. The van der Waals surface area contributed by atoms with Gasteiger partial charge in [-0.1, -0.05) is 23.7 Å². The highest BCUT2D eigenvalue weighted by atomic mass is 35.5. The van der Waals surface area contributed by atoms with Gasteiger partial charge in [-0.15, -0.1) is 0 Å². The molecule has 0 N–H and O–H groups in total. The van der Waals surface area contributed by atoms with E-state index in [1.165, 1.54) is 16.6 Å². The standard InChI is InChI=1S/C25H22ClN3O2/c1-27-9-8-22-21-6-4-19(13-23(21)28(2)24(22)14-27)29-10-7-16(12-25(29)31)20-5-3-18(26)11-17(20)15-30/h3-7,10-13,15H,8-9,14H2,1-2H3. The highest BCUT2D eigenvalue weighted by Crippen LogP contribution is 2.31. The largest absolute Gasteiger partial charge is 0.346 e. The lowest BCUT2D eigenvalue weighted by molar-refractivity contribution is 0.112. The third-order valence-electron chi connectivity index (χ3n) is 6.23. The van der Waals surface area contributed by atoms with Gasteiger partial charge in [0.25, 0.3) is 5.56 Å². The number of nitrogens with zero attached hydrogens (tertiary/aromatic N) is 3. The van der Waals surface area contributed by atoms with Crippen molar-refractivity contribution in [3.8, 4) is 16.8 Å². The number of rotatable bonds is 3. The Morgan fingerprint density at radius 2 is 1.87 bits per heavy atom. The van der Waals surface area contributed by atoms with Gasteiger partial charge < -0.3 is 9.47 Å². The lowest BCUT2D eigenvalue weighted by Crippen LogP contribution is -2.27. The number of hydrogen-bond donors (Lipinski definition) is 0. The number of likely N-dealkylation sites (N-methyl/N-ethyl adjacent to an activating group) is 1. The quantitative estimate of drug-likeness (QED) is 0.450. The first-order chi connectivity index (χ1) is 15.0. The summed E-state index contributed by atoms with van der Waals surface area (Å²) in [5.41, 5.74) is 6.41. The fourth-order valence-electron chi connectivity index (χ4n) is 4.58. The molecule has 3 heterocycles. The van der Waals surface area contributed by atoms with Gasteiger partial charge in [0.15, 0.2) is 6.29 Å². The lowest BCUT2D eigenvalue weighted by atomic mass is 10.0. The number of hydrogen-bond acceptors (Lipinski definition) is 3. The summed E-state index contributed by atoms with van der Waals surface area (Å²) in [7, 11) is 4.24. The molecule has 0 atom stereocenters. The third kappa shape index (κ3) is 3.30. The monoisotopic (exact) mass is 431 g/mol. The number of benzene rings is 2. The molecule has 5 rings (SSSR count). The van der Waals surface area contributed by atoms with E-state index in [2.05, 4.69) is 35.7 Å². The molecule has 0 amide bonds. The van der Waals surface area contributed by atoms with Crippen LogP contribution in [0.5, 0.6) is 0 Å². The Morgan fingerprint density at radius 3 is 2.65 bits per heavy atom. The molecule has 1 aliphatic heterocycles. The number of fused-ring (bicyclic) bond motifs is 3. The first kappa shape index (κ1) is 19.8. The number of aromatic nitrogens is 2. The summed E-state index contributed by atoms with van der Waals surface area (Å²) < 4.78 is 3.88. The molecule has 0 bridgehead atoms. The zero-order chi connectivity index (χ0) is 21.7. The summed E-state index contributed by atoms with van der Waals surface area (Å²) >= 11 is 6.00. The molecule has 0 spiro atoms. The van der Waals surface area contributed by atoms with Crippen molar-refractivity contribution in [2.75, 3.05) is 13.6 Å². The minimum absolute atomic E-state index is 0.151. The molecule has 0 saturated heterocycles. The second kappa shape index (κ2) is 7.52. The molecule has 0 aliphatic carbocycles. The van der Waals surface area contributed by atoms with E-state index in [1.807, 2.05) is 12.1 Å². The van der Waals surface area contributed by atoms with Crippen molar-refractivity contribution in [1.82, 2.24) is 14.0 Å². The molecular formula is C25H22ClN3O2. The number of carbonyl (C=O) groups excluding carboxylic acids is 1. The number of halogens is 1. The summed E-state index contributed by atoms with van der Waals surface area (Å²) in [4.78, 5) is 26.7. The molecule has 0 fully saturated rings. The third-order valence-corrected chi connectivity index (χ3v) is 6.47. The maximum Gasteiger partial charge on any atom is 0.255 e. The van der Waals surface area contributed by atoms with Gasteiger partial charge >= 0.3 is 0 Å². The summed E-state index contributed by atoms with van der Waals surface area (Å²) in [5.74, 6) is 0. The van der Waals surface area contributed by atoms with Crippen molar-refractivity contribution in [2.24, 2.45) is 7.05 Å². The SMILES string of the molecule is CN1CCc2c(n(C)c3cc(-n4ccc(-c5ccc(Cl)cc5C=O)cc4=O)ccc23)C1. The molecule has 2 aromatic carbocycles. The molecule has 0 radical (unpaired) electrons. The van der Waals surface area contributed by atoms with Crippen LogP contribution in [-0.4, -0.2) is 33.9 Å². The second-order valence-corrected chi connectivity index (χ2v) is 8.58. The molecule has 31 heavy (non-hydrogen) atoms. The van der Waals surface area contributed by atoms with Crippen LogP contribution in [0, 0.1) is 0 Å². The normalized spacial score (nSPS) is 14.0. The highest BCUT2D eigenvalue weighted by molar-refractivity contribution is 6.31. The van der Waals surface area contributed by atoms with E-state index in [1.54, 1.807) is 35.0 Å². The number of carbonyl (C=O) groups is 1. The van der Waals surface area contributed by atoms with Crippen LogP contribution >= 0.6 is 11.6 Å². The van der Waals surface area contributed by atoms with E-state index >= 15 is 0 Å². The van der Waals surface area contributed by atoms with Crippen molar-refractivity contribution >= 4 is 28.8 Å². The maximum atomic E-state index is 13.0. The van der Waals surface area contributed by atoms with Gasteiger partial charge in [0.05, 0.1) is 11.2 Å². The van der Waals surface area contributed by atoms with Crippen LogP contribution in [0.1, 0.15) is 21.6 Å². The number of aryl methyl sites for hydroxylation is 1. The predicted molar refractivity (Wildman–Crippen MR) is 124 cm³/mol. The Kier molecular flexibility index (Phi) is 4.80. The fourth-order valence-corrected chi connectivity index (χ4v) is 4.76. The van der Waals surface area contributed by atoms with Crippen LogP contribution < -0.4 is 5.56 Å². The van der Waals surface area contributed by atoms with E-state index in [-0.39, 0.29) is 5.56 Å². The first-order valence-electron chi connectivity index (χ1n) is 10.2. The molecule has 5 nitrogen and oxygen atoms in total. The van der Waals surface area contributed by atoms with Gasteiger partial charge in [-0.2, -0.15) is 0 Å². The maximum absolute atomic E-state index is 13.0. The van der Waals surface area contributed by atoms with Gasteiger partial charge in [0, 0.05) is 54.1 Å². The van der Waals surface area contributed by atoms with E-state index in [0.717, 1.165) is 37.0 Å². The zero-order valence-corrected chi connectivity index (χ0v) is 18.2. The van der Waals surface area contributed by atoms with Crippen LogP contribution in [0.3, 0.4) is 0 Å². The van der Waals surface area contributed by atoms with Crippen LogP contribution in [0.15, 0.2) is 59.5 Å². The van der Waals surface area contributed by atoms with Gasteiger partial charge in [-0.05, 0) is 60.5 Å². The molecule has 6 heteroatoms. The van der Waals surface area contributed by atoms with Crippen molar-refractivity contribution < 1.29 is 4.79 Å². The number of pyridine rings is 1. The lowest BCUT2D eigenvalue weighted by Gasteiger charge is -2.23. The van der Waals surface area contributed by atoms with Gasteiger partial charge in [-0.25, -0.2) is 0 Å². The van der Waals surface area contributed by atoms with E-state index < -0.39 is 0 Å². The molecule has 2 aromatic heterocycles. The topological polar surface area (TPSA) is 47.2 Å². The van der Waals surface area contributed by atoms with Crippen LogP contribution in [0.25, 0.3) is 27.7 Å². The number of aldehydes is 1. The highest BCUT2D eigenvalue weighted by Gasteiger charge is 2.21.